The molecule has 0 radical (unpaired) electrons. The summed E-state index contributed by atoms with van der Waals surface area (Å²) in [7, 11) is 1.85. The first kappa shape index (κ1) is 11.3. The second kappa shape index (κ2) is 4.73. The molecule has 0 aliphatic heterocycles. The molecule has 2 rings (SSSR count). The zero-order valence-electron chi connectivity index (χ0n) is 9.03. The fraction of sp³-hybridized carbons (Fsp3) is 0.182. The minimum Gasteiger partial charge on any atom is -0.372 e. The van der Waals surface area contributed by atoms with Crippen molar-refractivity contribution >= 4 is 28.4 Å². The van der Waals surface area contributed by atoms with Crippen LogP contribution in [0.2, 0.25) is 0 Å². The topological polar surface area (TPSA) is 50.7 Å². The molecule has 0 saturated heterocycles. The number of rotatable bonds is 2. The summed E-state index contributed by atoms with van der Waals surface area (Å²) in [6, 6.07) is 1.93. The fourth-order valence-electron chi connectivity index (χ4n) is 1.40. The van der Waals surface area contributed by atoms with Crippen molar-refractivity contribution in [3.8, 4) is 11.4 Å². The Morgan fingerprint density at radius 1 is 1.31 bits per heavy atom. The van der Waals surface area contributed by atoms with E-state index < -0.39 is 0 Å². The van der Waals surface area contributed by atoms with Crippen LogP contribution < -0.4 is 5.32 Å². The molecule has 2 heterocycles. The second-order valence-electron chi connectivity index (χ2n) is 3.33. The standard InChI is InChI=1S/C11H11IN4/c1-7-5-14-4-3-8(7)10-15-6-9(12)11(13-2)16-10/h3-6H,1-2H3,(H,13,15,16). The van der Waals surface area contributed by atoms with Gasteiger partial charge >= 0.3 is 0 Å². The summed E-state index contributed by atoms with van der Waals surface area (Å²) in [5.41, 5.74) is 2.09. The average molecular weight is 326 g/mol. The summed E-state index contributed by atoms with van der Waals surface area (Å²) >= 11 is 2.21. The van der Waals surface area contributed by atoms with E-state index in [0.29, 0.717) is 0 Å². The molecule has 0 amide bonds. The minimum atomic E-state index is 0.727. The highest BCUT2D eigenvalue weighted by Gasteiger charge is 2.07. The van der Waals surface area contributed by atoms with E-state index in [1.165, 1.54) is 0 Å². The van der Waals surface area contributed by atoms with Crippen LogP contribution in [0.3, 0.4) is 0 Å². The van der Waals surface area contributed by atoms with Gasteiger partial charge in [-0.05, 0) is 41.1 Å². The van der Waals surface area contributed by atoms with Gasteiger partial charge < -0.3 is 5.32 Å². The normalized spacial score (nSPS) is 10.2. The highest BCUT2D eigenvalue weighted by atomic mass is 127. The van der Waals surface area contributed by atoms with Gasteiger partial charge in [-0.2, -0.15) is 0 Å². The van der Waals surface area contributed by atoms with Gasteiger partial charge in [0.15, 0.2) is 5.82 Å². The molecule has 16 heavy (non-hydrogen) atoms. The number of aryl methyl sites for hydroxylation is 1. The molecule has 82 valence electrons. The van der Waals surface area contributed by atoms with E-state index in [1.807, 2.05) is 32.4 Å². The van der Waals surface area contributed by atoms with Crippen molar-refractivity contribution in [3.63, 3.8) is 0 Å². The van der Waals surface area contributed by atoms with Gasteiger partial charge in [0.05, 0.1) is 3.57 Å². The smallest absolute Gasteiger partial charge is 0.161 e. The predicted octanol–water partition coefficient (Wildman–Crippen LogP) is 2.49. The predicted molar refractivity (Wildman–Crippen MR) is 72.3 cm³/mol. The van der Waals surface area contributed by atoms with Crippen LogP contribution in [0.4, 0.5) is 5.82 Å². The monoisotopic (exact) mass is 326 g/mol. The molecule has 1 N–H and O–H groups in total. The van der Waals surface area contributed by atoms with E-state index >= 15 is 0 Å². The molecule has 0 bridgehead atoms. The number of hydrogen-bond donors (Lipinski definition) is 1. The Bertz CT molecular complexity index is 513. The van der Waals surface area contributed by atoms with Crippen molar-refractivity contribution < 1.29 is 0 Å². The number of anilines is 1. The molecular weight excluding hydrogens is 315 g/mol. The van der Waals surface area contributed by atoms with Crippen LogP contribution in [0.1, 0.15) is 5.56 Å². The first-order chi connectivity index (χ1) is 7.72. The van der Waals surface area contributed by atoms with Crippen molar-refractivity contribution in [1.82, 2.24) is 15.0 Å². The van der Waals surface area contributed by atoms with E-state index in [4.69, 9.17) is 0 Å². The average Bonchev–Trinajstić information content (AvgIpc) is 2.31. The van der Waals surface area contributed by atoms with Crippen molar-refractivity contribution in [1.29, 1.82) is 0 Å². The molecule has 0 aliphatic rings. The van der Waals surface area contributed by atoms with Gasteiger partial charge in [-0.3, -0.25) is 4.98 Å². The summed E-state index contributed by atoms with van der Waals surface area (Å²) in [6.07, 6.45) is 5.38. The van der Waals surface area contributed by atoms with Gasteiger partial charge in [-0.25, -0.2) is 9.97 Å². The Labute approximate surface area is 108 Å². The van der Waals surface area contributed by atoms with Crippen LogP contribution in [0.5, 0.6) is 0 Å². The van der Waals surface area contributed by atoms with Crippen LogP contribution in [0.25, 0.3) is 11.4 Å². The van der Waals surface area contributed by atoms with E-state index in [0.717, 1.165) is 26.3 Å². The van der Waals surface area contributed by atoms with Crippen molar-refractivity contribution in [2.24, 2.45) is 0 Å². The number of pyridine rings is 1. The van der Waals surface area contributed by atoms with Gasteiger partial charge in [-0.1, -0.05) is 0 Å². The van der Waals surface area contributed by atoms with Crippen LogP contribution in [-0.4, -0.2) is 22.0 Å². The minimum absolute atomic E-state index is 0.727. The maximum Gasteiger partial charge on any atom is 0.161 e. The highest BCUT2D eigenvalue weighted by molar-refractivity contribution is 14.1. The van der Waals surface area contributed by atoms with Gasteiger partial charge in [-0.15, -0.1) is 0 Å². The summed E-state index contributed by atoms with van der Waals surface area (Å²) < 4.78 is 1.01. The van der Waals surface area contributed by atoms with Crippen molar-refractivity contribution in [2.75, 3.05) is 12.4 Å². The molecule has 0 spiro atoms. The molecule has 5 heteroatoms. The summed E-state index contributed by atoms with van der Waals surface area (Å²) in [5.74, 6) is 1.58. The molecule has 0 aromatic carbocycles. The molecule has 4 nitrogen and oxygen atoms in total. The Kier molecular flexibility index (Phi) is 3.33. The quantitative estimate of drug-likeness (QED) is 0.862. The van der Waals surface area contributed by atoms with E-state index in [2.05, 4.69) is 42.9 Å². The molecular formula is C11H11IN4. The van der Waals surface area contributed by atoms with Gasteiger partial charge in [0, 0.05) is 31.2 Å². The van der Waals surface area contributed by atoms with E-state index in [9.17, 15) is 0 Å². The number of halogens is 1. The third-order valence-corrected chi connectivity index (χ3v) is 3.03. The lowest BCUT2D eigenvalue weighted by Gasteiger charge is -2.07. The third-order valence-electron chi connectivity index (χ3n) is 2.24. The molecule has 0 saturated carbocycles. The molecule has 0 unspecified atom stereocenters. The lowest BCUT2D eigenvalue weighted by molar-refractivity contribution is 1.13. The Morgan fingerprint density at radius 2 is 2.12 bits per heavy atom. The highest BCUT2D eigenvalue weighted by Crippen LogP contribution is 2.21. The SMILES string of the molecule is CNc1nc(-c2ccncc2C)ncc1I. The summed E-state index contributed by atoms with van der Waals surface area (Å²) in [6.45, 7) is 2.00. The number of nitrogens with one attached hydrogen (secondary N) is 1. The molecule has 2 aromatic rings. The molecule has 0 atom stereocenters. The summed E-state index contributed by atoms with van der Waals surface area (Å²) in [5, 5.41) is 3.05. The first-order valence-corrected chi connectivity index (χ1v) is 5.91. The zero-order chi connectivity index (χ0) is 11.5. The summed E-state index contributed by atoms with van der Waals surface area (Å²) in [4.78, 5) is 12.9. The van der Waals surface area contributed by atoms with Crippen molar-refractivity contribution in [3.05, 3.63) is 33.8 Å². The largest absolute Gasteiger partial charge is 0.372 e. The van der Waals surface area contributed by atoms with Crippen LogP contribution in [-0.2, 0) is 0 Å². The molecule has 2 aromatic heterocycles. The third kappa shape index (κ3) is 2.13. The Balaban J connectivity index is 2.53. The van der Waals surface area contributed by atoms with Crippen LogP contribution >= 0.6 is 22.6 Å². The lowest BCUT2D eigenvalue weighted by Crippen LogP contribution is -2.00. The van der Waals surface area contributed by atoms with Gasteiger partial charge in [0.25, 0.3) is 0 Å². The van der Waals surface area contributed by atoms with E-state index in [-0.39, 0.29) is 0 Å². The maximum atomic E-state index is 4.46. The Morgan fingerprint density at radius 3 is 2.81 bits per heavy atom. The van der Waals surface area contributed by atoms with Crippen LogP contribution in [0, 0.1) is 10.5 Å². The number of nitrogens with zero attached hydrogens (tertiary/aromatic N) is 3. The number of aromatic nitrogens is 3. The zero-order valence-corrected chi connectivity index (χ0v) is 11.2. The molecule has 0 aliphatic carbocycles. The number of hydrogen-bond acceptors (Lipinski definition) is 4. The van der Waals surface area contributed by atoms with Crippen LogP contribution in [0.15, 0.2) is 24.7 Å². The Hall–Kier alpha value is -1.24. The first-order valence-electron chi connectivity index (χ1n) is 4.83. The lowest BCUT2D eigenvalue weighted by atomic mass is 10.1. The second-order valence-corrected chi connectivity index (χ2v) is 4.49. The maximum absolute atomic E-state index is 4.46. The van der Waals surface area contributed by atoms with E-state index in [1.54, 1.807) is 6.20 Å². The van der Waals surface area contributed by atoms with Crippen molar-refractivity contribution in [2.45, 2.75) is 6.92 Å². The van der Waals surface area contributed by atoms with Gasteiger partial charge in [0.2, 0.25) is 0 Å². The molecule has 0 fully saturated rings. The fourth-order valence-corrected chi connectivity index (χ4v) is 1.93. The van der Waals surface area contributed by atoms with Gasteiger partial charge in [0.1, 0.15) is 5.82 Å².